The zero-order valence-electron chi connectivity index (χ0n) is 13.3. The Morgan fingerprint density at radius 2 is 0.742 bits per heavy atom. The number of hydrogen-bond donors (Lipinski definition) is 2. The van der Waals surface area contributed by atoms with E-state index in [1.165, 1.54) is 0 Å². The van der Waals surface area contributed by atoms with Crippen molar-refractivity contribution in [1.29, 1.82) is 0 Å². The molecule has 4 N–H and O–H groups in total. The second-order valence-electron chi connectivity index (χ2n) is 4.98. The van der Waals surface area contributed by atoms with Gasteiger partial charge in [0.2, 0.25) is 0 Å². The van der Waals surface area contributed by atoms with Gasteiger partial charge in [-0.3, -0.25) is 0 Å². The number of halogens is 18. The van der Waals surface area contributed by atoms with Gasteiger partial charge in [-0.2, -0.15) is 79.0 Å². The summed E-state index contributed by atoms with van der Waals surface area (Å²) in [6.07, 6.45) is -16.0. The van der Waals surface area contributed by atoms with Crippen molar-refractivity contribution >= 4 is 5.97 Å². The lowest BCUT2D eigenvalue weighted by atomic mass is 10.1. The number of carboxylic acids is 1. The fourth-order valence-corrected chi connectivity index (χ4v) is 1.42. The van der Waals surface area contributed by atoms with Crippen LogP contribution in [0, 0.1) is 0 Å². The second-order valence-corrected chi connectivity index (χ2v) is 4.98. The summed E-state index contributed by atoms with van der Waals surface area (Å²) >= 11 is 0. The first-order valence-electron chi connectivity index (χ1n) is 6.00. The van der Waals surface area contributed by atoms with Gasteiger partial charge in [0.1, 0.15) is 0 Å². The van der Waals surface area contributed by atoms with Crippen LogP contribution in [-0.2, 0) is 4.79 Å². The summed E-state index contributed by atoms with van der Waals surface area (Å²) < 4.78 is 229. The number of alkyl halides is 18. The number of rotatable bonds is 7. The van der Waals surface area contributed by atoms with E-state index in [-0.39, 0.29) is 6.15 Å². The highest BCUT2D eigenvalue weighted by molar-refractivity contribution is 5.76. The number of carbonyl (C=O) groups is 1. The van der Waals surface area contributed by atoms with Gasteiger partial charge >= 0.3 is 54.2 Å². The first kappa shape index (κ1) is 31.3. The van der Waals surface area contributed by atoms with Gasteiger partial charge < -0.3 is 11.3 Å². The SMILES string of the molecule is N.O=C(O)C(F)(F)C(F)(F)N(C(F)(F)C(F)(F)C(F)(F)F)C(F)(F)C(F)(F)C(F)(F)F. The minimum Gasteiger partial charge on any atom is -0.477 e. The summed E-state index contributed by atoms with van der Waals surface area (Å²) in [7, 11) is 0. The smallest absolute Gasteiger partial charge is 0.461 e. The van der Waals surface area contributed by atoms with Gasteiger partial charge in [0.05, 0.1) is 0 Å². The highest BCUT2D eigenvalue weighted by atomic mass is 19.4. The number of carboxylic acid groups (broad SMARTS) is 1. The molecule has 0 fully saturated rings. The van der Waals surface area contributed by atoms with E-state index in [1.54, 1.807) is 0 Å². The van der Waals surface area contributed by atoms with Gasteiger partial charge in [0, 0.05) is 0 Å². The standard InChI is InChI=1S/C9HF18NO2.H3N/c10-2(11,1(29)30)7(22,23)28(8(24,25)3(12,13)5(16,17)18)9(26,27)4(14,15)6(19,20)21;/h(H,29,30);1H3. The fraction of sp³-hybridized carbons (Fsp3) is 0.889. The Morgan fingerprint density at radius 1 is 0.516 bits per heavy atom. The van der Waals surface area contributed by atoms with Crippen LogP contribution in [0.3, 0.4) is 0 Å². The first-order valence-corrected chi connectivity index (χ1v) is 6.00. The minimum absolute atomic E-state index is 0. The normalized spacial score (nSPS) is 15.7. The summed E-state index contributed by atoms with van der Waals surface area (Å²) in [5.74, 6) is -29.1. The Labute approximate surface area is 155 Å². The molecule has 0 spiro atoms. The molecule has 0 aromatic heterocycles. The molecule has 0 aromatic rings. The van der Waals surface area contributed by atoms with Gasteiger partial charge in [-0.1, -0.05) is 0 Å². The summed E-state index contributed by atoms with van der Waals surface area (Å²) in [5.41, 5.74) is 0. The average molecular weight is 514 g/mol. The zero-order chi connectivity index (χ0) is 25.2. The van der Waals surface area contributed by atoms with Crippen molar-refractivity contribution in [2.75, 3.05) is 0 Å². The average Bonchev–Trinajstić information content (AvgIpc) is 2.42. The van der Waals surface area contributed by atoms with Crippen LogP contribution in [0.25, 0.3) is 0 Å². The van der Waals surface area contributed by atoms with Crippen LogP contribution in [0.2, 0.25) is 0 Å². The molecular weight excluding hydrogens is 510 g/mol. The van der Waals surface area contributed by atoms with Gasteiger partial charge in [-0.05, 0) is 0 Å². The highest BCUT2D eigenvalue weighted by Gasteiger charge is 2.90. The van der Waals surface area contributed by atoms with E-state index in [0.717, 1.165) is 0 Å². The molecule has 0 rings (SSSR count). The van der Waals surface area contributed by atoms with E-state index >= 15 is 0 Å². The molecule has 0 atom stereocenters. The minimum atomic E-state index is -8.72. The molecule has 4 nitrogen and oxygen atoms in total. The molecule has 22 heteroatoms. The van der Waals surface area contributed by atoms with E-state index in [1.807, 2.05) is 0 Å². The van der Waals surface area contributed by atoms with E-state index in [2.05, 4.69) is 0 Å². The molecule has 0 saturated carbocycles. The molecule has 31 heavy (non-hydrogen) atoms. The van der Waals surface area contributed by atoms with Gasteiger partial charge in [0.25, 0.3) is 0 Å². The molecule has 0 aliphatic carbocycles. The predicted octanol–water partition coefficient (Wildman–Crippen LogP) is 5.34. The van der Waals surface area contributed by atoms with E-state index in [9.17, 15) is 83.8 Å². The highest BCUT2D eigenvalue weighted by Crippen LogP contribution is 2.60. The van der Waals surface area contributed by atoms with E-state index in [4.69, 9.17) is 5.11 Å². The maximum atomic E-state index is 13.4. The number of hydrogen-bond acceptors (Lipinski definition) is 3. The van der Waals surface area contributed by atoms with Gasteiger partial charge in [-0.25, -0.2) is 4.79 Å². The number of aliphatic carboxylic acids is 1. The van der Waals surface area contributed by atoms with Crippen LogP contribution in [-0.4, -0.2) is 64.2 Å². The lowest BCUT2D eigenvalue weighted by molar-refractivity contribution is -0.505. The van der Waals surface area contributed by atoms with Crippen LogP contribution in [0.5, 0.6) is 0 Å². The third-order valence-electron chi connectivity index (χ3n) is 2.96. The molecule has 0 aliphatic heterocycles. The van der Waals surface area contributed by atoms with Crippen molar-refractivity contribution < 1.29 is 88.9 Å². The Kier molecular flexibility index (Phi) is 7.70. The van der Waals surface area contributed by atoms with Crippen molar-refractivity contribution in [1.82, 2.24) is 11.1 Å². The zero-order valence-corrected chi connectivity index (χ0v) is 13.3. The molecule has 0 heterocycles. The molecular formula is C9H4F18N2O2. The topological polar surface area (TPSA) is 75.5 Å². The second kappa shape index (κ2) is 7.62. The molecule has 0 saturated heterocycles. The van der Waals surface area contributed by atoms with Crippen molar-refractivity contribution in [2.45, 2.75) is 48.3 Å². The third kappa shape index (κ3) is 4.26. The van der Waals surface area contributed by atoms with Crippen molar-refractivity contribution in [2.24, 2.45) is 0 Å². The van der Waals surface area contributed by atoms with Gasteiger partial charge in [0.15, 0.2) is 0 Å². The molecule has 0 aliphatic rings. The van der Waals surface area contributed by atoms with Crippen LogP contribution in [0.15, 0.2) is 0 Å². The van der Waals surface area contributed by atoms with Crippen LogP contribution < -0.4 is 6.15 Å². The summed E-state index contributed by atoms with van der Waals surface area (Å²) in [5, 5.41) is 7.72. The number of nitrogens with zero attached hydrogens (tertiary/aromatic N) is 1. The largest absolute Gasteiger partial charge is 0.477 e. The Bertz CT molecular complexity index is 626. The summed E-state index contributed by atoms with van der Waals surface area (Å²) in [4.78, 5) is 4.83. The molecule has 188 valence electrons. The lowest BCUT2D eigenvalue weighted by Crippen LogP contribution is -2.78. The van der Waals surface area contributed by atoms with Crippen molar-refractivity contribution in [3.05, 3.63) is 0 Å². The quantitative estimate of drug-likeness (QED) is 0.355. The van der Waals surface area contributed by atoms with Crippen LogP contribution in [0.1, 0.15) is 0 Å². The van der Waals surface area contributed by atoms with Crippen LogP contribution >= 0.6 is 0 Å². The molecule has 0 amide bonds. The molecule has 0 unspecified atom stereocenters. The Morgan fingerprint density at radius 3 is 0.903 bits per heavy atom. The van der Waals surface area contributed by atoms with E-state index in [0.29, 0.717) is 0 Å². The van der Waals surface area contributed by atoms with Crippen LogP contribution in [0.4, 0.5) is 79.0 Å². The maximum absolute atomic E-state index is 13.4. The van der Waals surface area contributed by atoms with Crippen molar-refractivity contribution in [3.63, 3.8) is 0 Å². The predicted molar refractivity (Wildman–Crippen MR) is 56.3 cm³/mol. The third-order valence-corrected chi connectivity index (χ3v) is 2.96. The molecule has 0 radical (unpaired) electrons. The lowest BCUT2D eigenvalue weighted by Gasteiger charge is -2.46. The first-order chi connectivity index (χ1) is 12.6. The Hall–Kier alpha value is -1.87. The fourth-order valence-electron chi connectivity index (χ4n) is 1.42. The monoisotopic (exact) mass is 514 g/mol. The van der Waals surface area contributed by atoms with Crippen molar-refractivity contribution in [3.8, 4) is 0 Å². The maximum Gasteiger partial charge on any atom is 0.461 e. The van der Waals surface area contributed by atoms with E-state index < -0.39 is 59.1 Å². The van der Waals surface area contributed by atoms with Gasteiger partial charge in [-0.15, -0.1) is 4.90 Å². The Balaban J connectivity index is 0. The molecule has 0 aromatic carbocycles. The summed E-state index contributed by atoms with van der Waals surface area (Å²) in [6.45, 7) is 0. The summed E-state index contributed by atoms with van der Waals surface area (Å²) in [6, 6.07) is -25.8. The molecule has 0 bridgehead atoms.